The molecule has 0 aromatic heterocycles. The molecule has 0 spiro atoms. The molecule has 0 amide bonds. The maximum atomic E-state index is 2.67. The van der Waals surface area contributed by atoms with Crippen molar-refractivity contribution in [1.29, 1.82) is 0 Å². The monoisotopic (exact) mass is 492 g/mol. The van der Waals surface area contributed by atoms with E-state index in [-0.39, 0.29) is 0 Å². The van der Waals surface area contributed by atoms with Crippen molar-refractivity contribution in [3.05, 3.63) is 77.9 Å². The molecule has 0 radical (unpaired) electrons. The molecule has 6 rings (SSSR count). The molecule has 2 aliphatic carbocycles. The highest BCUT2D eigenvalue weighted by molar-refractivity contribution is 6.81. The molecule has 36 heavy (non-hydrogen) atoms. The van der Waals surface area contributed by atoms with E-state index in [9.17, 15) is 0 Å². The van der Waals surface area contributed by atoms with Crippen molar-refractivity contribution in [3.63, 3.8) is 0 Å². The minimum Gasteiger partial charge on any atom is -0.0808 e. The zero-order valence-corrected chi connectivity index (χ0v) is 23.9. The number of hydrogen-bond donors (Lipinski definition) is 0. The minimum absolute atomic E-state index is 0.674. The lowest BCUT2D eigenvalue weighted by Crippen LogP contribution is -2.46. The summed E-state index contributed by atoms with van der Waals surface area (Å²) in [7, 11) is -1.33. The zero-order chi connectivity index (χ0) is 24.9. The highest BCUT2D eigenvalue weighted by Gasteiger charge is 2.53. The van der Waals surface area contributed by atoms with Crippen LogP contribution in [0.5, 0.6) is 0 Å². The smallest absolute Gasteiger partial charge is 0.0578 e. The summed E-state index contributed by atoms with van der Waals surface area (Å²) in [6.07, 6.45) is 14.8. The Labute approximate surface area is 219 Å². The summed E-state index contributed by atoms with van der Waals surface area (Å²) in [6, 6.07) is 23.1. The molecule has 3 aromatic rings. The highest BCUT2D eigenvalue weighted by atomic mass is 28.3. The Balaban J connectivity index is 1.48. The Morgan fingerprint density at radius 3 is 2.11 bits per heavy atom. The predicted octanol–water partition coefficient (Wildman–Crippen LogP) is 10.6. The molecule has 0 bridgehead atoms. The van der Waals surface area contributed by atoms with Crippen molar-refractivity contribution in [2.75, 3.05) is 0 Å². The van der Waals surface area contributed by atoms with E-state index in [2.05, 4.69) is 94.5 Å². The molecule has 3 aromatic carbocycles. The van der Waals surface area contributed by atoms with Gasteiger partial charge in [-0.1, -0.05) is 131 Å². The van der Waals surface area contributed by atoms with E-state index in [1.807, 2.05) is 0 Å². The van der Waals surface area contributed by atoms with Gasteiger partial charge >= 0.3 is 0 Å². The third-order valence-corrected chi connectivity index (χ3v) is 17.2. The molecule has 0 nitrogen and oxygen atoms in total. The van der Waals surface area contributed by atoms with Crippen molar-refractivity contribution in [3.8, 4) is 0 Å². The van der Waals surface area contributed by atoms with E-state index in [0.29, 0.717) is 5.92 Å². The molecular formula is C35H44Si. The number of benzene rings is 3. The van der Waals surface area contributed by atoms with Gasteiger partial charge in [0.15, 0.2) is 0 Å². The van der Waals surface area contributed by atoms with Crippen LogP contribution in [0, 0.1) is 30.6 Å². The Bertz CT molecular complexity index is 1260. The first-order chi connectivity index (χ1) is 17.5. The maximum Gasteiger partial charge on any atom is 0.0578 e. The fourth-order valence-corrected chi connectivity index (χ4v) is 16.7. The van der Waals surface area contributed by atoms with Crippen molar-refractivity contribution < 1.29 is 0 Å². The largest absolute Gasteiger partial charge is 0.0808 e. The molecule has 1 aliphatic heterocycles. The number of allylic oxidation sites excluding steroid dienone is 4. The normalized spacial score (nSPS) is 28.3. The van der Waals surface area contributed by atoms with E-state index in [1.165, 1.54) is 64.8 Å². The van der Waals surface area contributed by atoms with E-state index in [4.69, 9.17) is 0 Å². The quantitative estimate of drug-likeness (QED) is 0.245. The van der Waals surface area contributed by atoms with Crippen molar-refractivity contribution in [2.24, 2.45) is 23.7 Å². The molecule has 1 heteroatoms. The van der Waals surface area contributed by atoms with Crippen molar-refractivity contribution >= 4 is 35.2 Å². The van der Waals surface area contributed by atoms with Crippen LogP contribution in [0.3, 0.4) is 0 Å². The summed E-state index contributed by atoms with van der Waals surface area (Å²) in [6.45, 7) is 9.92. The Morgan fingerprint density at radius 1 is 0.889 bits per heavy atom. The van der Waals surface area contributed by atoms with Gasteiger partial charge in [-0.05, 0) is 80.8 Å². The summed E-state index contributed by atoms with van der Waals surface area (Å²) < 4.78 is 0. The molecule has 2 fully saturated rings. The van der Waals surface area contributed by atoms with Gasteiger partial charge in [0.1, 0.15) is 0 Å². The van der Waals surface area contributed by atoms with Crippen LogP contribution in [0.1, 0.15) is 64.0 Å². The lowest BCUT2D eigenvalue weighted by atomic mass is 9.77. The molecule has 5 atom stereocenters. The average molecular weight is 493 g/mol. The second kappa shape index (κ2) is 9.64. The Hall–Kier alpha value is -2.12. The van der Waals surface area contributed by atoms with E-state index in [1.54, 1.807) is 23.7 Å². The number of aryl methyl sites for hydroxylation is 1. The summed E-state index contributed by atoms with van der Waals surface area (Å²) in [5.74, 6) is 3.16. The predicted molar refractivity (Wildman–Crippen MR) is 161 cm³/mol. The van der Waals surface area contributed by atoms with Crippen LogP contribution in [0.2, 0.25) is 23.7 Å². The first-order valence-corrected chi connectivity index (χ1v) is 17.5. The van der Waals surface area contributed by atoms with Gasteiger partial charge in [-0.25, -0.2) is 0 Å². The van der Waals surface area contributed by atoms with Crippen LogP contribution in [0.25, 0.3) is 27.1 Å². The molecule has 5 unspecified atom stereocenters. The van der Waals surface area contributed by atoms with E-state index >= 15 is 0 Å². The first-order valence-electron chi connectivity index (χ1n) is 14.8. The molecule has 1 heterocycles. The number of hydrogen-bond acceptors (Lipinski definition) is 0. The van der Waals surface area contributed by atoms with Crippen LogP contribution < -0.4 is 0 Å². The minimum atomic E-state index is -1.33. The Kier molecular flexibility index (Phi) is 6.49. The van der Waals surface area contributed by atoms with Gasteiger partial charge in [0.05, 0.1) is 8.07 Å². The fourth-order valence-electron chi connectivity index (χ4n) is 9.04. The molecule has 188 valence electrons. The molecule has 1 saturated heterocycles. The summed E-state index contributed by atoms with van der Waals surface area (Å²) in [5, 5.41) is 5.76. The topological polar surface area (TPSA) is 0 Å². The van der Waals surface area contributed by atoms with Gasteiger partial charge in [-0.15, -0.1) is 0 Å². The SMILES string of the molecule is CCC(C)C[Si]1(C2C(C)CC3C(c4c5ccccc5c(C)c5ccccc45)=CC=CC32)CCCCC1. The van der Waals surface area contributed by atoms with Crippen LogP contribution in [-0.4, -0.2) is 8.07 Å². The third kappa shape index (κ3) is 3.85. The van der Waals surface area contributed by atoms with Crippen LogP contribution >= 0.6 is 0 Å². The van der Waals surface area contributed by atoms with Gasteiger partial charge in [0.2, 0.25) is 0 Å². The average Bonchev–Trinajstić information content (AvgIpc) is 3.26. The maximum absolute atomic E-state index is 2.67. The lowest BCUT2D eigenvalue weighted by molar-refractivity contribution is 0.508. The van der Waals surface area contributed by atoms with E-state index in [0.717, 1.165) is 23.3 Å². The zero-order valence-electron chi connectivity index (χ0n) is 22.9. The summed E-state index contributed by atoms with van der Waals surface area (Å²) in [5.41, 5.74) is 5.54. The van der Waals surface area contributed by atoms with Crippen LogP contribution in [-0.2, 0) is 0 Å². The second-order valence-electron chi connectivity index (χ2n) is 12.7. The third-order valence-electron chi connectivity index (χ3n) is 10.6. The van der Waals surface area contributed by atoms with Crippen LogP contribution in [0.15, 0.2) is 66.8 Å². The molecule has 3 aliphatic rings. The fraction of sp³-hybridized carbons (Fsp3) is 0.486. The standard InChI is InChI=1S/C35H44Si/c1-5-24(2)23-36(20-11-6-12-21-36)35-25(3)22-33-31(18-13-19-32(33)35)34-29-16-9-7-14-27(29)26(4)28-15-8-10-17-30(28)34/h7-10,13-19,24-25,32-33,35H,5-6,11-12,20-23H2,1-4H3. The van der Waals surface area contributed by atoms with Gasteiger partial charge in [-0.2, -0.15) is 0 Å². The van der Waals surface area contributed by atoms with Crippen molar-refractivity contribution in [2.45, 2.75) is 83.5 Å². The van der Waals surface area contributed by atoms with Gasteiger partial charge in [-0.3, -0.25) is 0 Å². The number of rotatable bonds is 5. The molecule has 1 saturated carbocycles. The number of fused-ring (bicyclic) bond motifs is 3. The Morgan fingerprint density at radius 2 is 1.50 bits per heavy atom. The lowest BCUT2D eigenvalue weighted by Gasteiger charge is -2.46. The first kappa shape index (κ1) is 24.2. The van der Waals surface area contributed by atoms with Gasteiger partial charge in [0, 0.05) is 0 Å². The molecular weight excluding hydrogens is 448 g/mol. The van der Waals surface area contributed by atoms with E-state index < -0.39 is 8.07 Å². The van der Waals surface area contributed by atoms with Crippen molar-refractivity contribution in [1.82, 2.24) is 0 Å². The van der Waals surface area contributed by atoms with Crippen LogP contribution in [0.4, 0.5) is 0 Å². The van der Waals surface area contributed by atoms with Gasteiger partial charge < -0.3 is 0 Å². The highest BCUT2D eigenvalue weighted by Crippen LogP contribution is 2.61. The second-order valence-corrected chi connectivity index (χ2v) is 17.5. The molecule has 0 N–H and O–H groups in total. The summed E-state index contributed by atoms with van der Waals surface area (Å²) in [4.78, 5) is 0. The summed E-state index contributed by atoms with van der Waals surface area (Å²) >= 11 is 0. The van der Waals surface area contributed by atoms with Gasteiger partial charge in [0.25, 0.3) is 0 Å².